The molecule has 0 saturated carbocycles. The van der Waals surface area contributed by atoms with Crippen molar-refractivity contribution in [2.45, 2.75) is 25.2 Å². The summed E-state index contributed by atoms with van der Waals surface area (Å²) in [6.45, 7) is 1.76. The Morgan fingerprint density at radius 2 is 1.39 bits per heavy atom. The van der Waals surface area contributed by atoms with Gasteiger partial charge >= 0.3 is 0 Å². The molecule has 11 heteroatoms. The third kappa shape index (κ3) is 4.97. The summed E-state index contributed by atoms with van der Waals surface area (Å²) in [4.78, 5) is 27.3. The van der Waals surface area contributed by atoms with E-state index in [4.69, 9.17) is 4.42 Å². The van der Waals surface area contributed by atoms with E-state index < -0.39 is 57.7 Å². The fourth-order valence-corrected chi connectivity index (χ4v) is 6.33. The minimum atomic E-state index is -1.20. The second kappa shape index (κ2) is 11.1. The number of carbonyl (C=O) groups is 1. The maximum absolute atomic E-state index is 14.4. The van der Waals surface area contributed by atoms with Gasteiger partial charge in [0.15, 0.2) is 11.5 Å². The van der Waals surface area contributed by atoms with Gasteiger partial charge in [0.05, 0.1) is 16.5 Å². The number of allylic oxidation sites excluding steroid dienone is 2. The molecule has 0 aliphatic heterocycles. The van der Waals surface area contributed by atoms with Gasteiger partial charge < -0.3 is 45.3 Å². The van der Waals surface area contributed by atoms with Gasteiger partial charge in [-0.2, -0.15) is 0 Å². The first kappa shape index (κ1) is 29.9. The number of benzene rings is 4. The largest absolute Gasteiger partial charge is 0.508 e. The Labute approximate surface area is 260 Å². The van der Waals surface area contributed by atoms with E-state index in [1.807, 2.05) is 0 Å². The van der Waals surface area contributed by atoms with E-state index in [-0.39, 0.29) is 62.6 Å². The molecule has 5 aromatic rings. The molecule has 0 fully saturated rings. The molecule has 0 spiro atoms. The average molecular weight is 625 g/mol. The number of hydrogen-bond donors (Lipinski definition) is 8. The lowest BCUT2D eigenvalue weighted by molar-refractivity contribution is 0.0876. The molecule has 0 bridgehead atoms. The van der Waals surface area contributed by atoms with Crippen molar-refractivity contribution in [1.82, 2.24) is 0 Å². The number of carbonyl (C=O) groups excluding carboxylic acids is 1. The fourth-order valence-electron chi connectivity index (χ4n) is 6.33. The van der Waals surface area contributed by atoms with Crippen LogP contribution in [0, 0.1) is 5.92 Å². The Balaban J connectivity index is 1.59. The summed E-state index contributed by atoms with van der Waals surface area (Å²) in [7, 11) is 0. The minimum Gasteiger partial charge on any atom is -0.508 e. The summed E-state index contributed by atoms with van der Waals surface area (Å²) < 4.78 is 5.76. The highest BCUT2D eigenvalue weighted by atomic mass is 16.4. The Bertz CT molecular complexity index is 2140. The lowest BCUT2D eigenvalue weighted by Crippen LogP contribution is -2.31. The Hall–Kier alpha value is -6.10. The topological polar surface area (TPSA) is 209 Å². The van der Waals surface area contributed by atoms with Gasteiger partial charge in [-0.3, -0.25) is 9.59 Å². The standard InChI is InChI=1S/C35H28O11/c1-15-10-23(19-5-2-16(36)12-26(19)40)29(31(42)20-6-3-17(37)13-27(20)41)24(11-15)30-25(39)9-8-22(32(30)43)35-34(45)33(44)21-7-4-18(38)14-28(21)46-35/h2-9,11-14,23-24,29,36-41,43,45H,10H2,1H3. The molecule has 1 aromatic heterocycles. The first-order valence-electron chi connectivity index (χ1n) is 14.1. The number of hydrogen-bond acceptors (Lipinski definition) is 11. The molecular weight excluding hydrogens is 596 g/mol. The predicted octanol–water partition coefficient (Wildman–Crippen LogP) is 5.82. The van der Waals surface area contributed by atoms with Gasteiger partial charge in [0.25, 0.3) is 0 Å². The lowest BCUT2D eigenvalue weighted by Gasteiger charge is -2.37. The van der Waals surface area contributed by atoms with Crippen molar-refractivity contribution < 1.29 is 50.1 Å². The maximum Gasteiger partial charge on any atom is 0.235 e. The molecule has 4 aromatic carbocycles. The van der Waals surface area contributed by atoms with E-state index in [1.165, 1.54) is 54.6 Å². The van der Waals surface area contributed by atoms with Gasteiger partial charge in [0.2, 0.25) is 11.2 Å². The van der Waals surface area contributed by atoms with Crippen molar-refractivity contribution >= 4 is 16.8 Å². The molecule has 46 heavy (non-hydrogen) atoms. The summed E-state index contributed by atoms with van der Waals surface area (Å²) in [5.41, 5.74) is -0.476. The molecule has 8 N–H and O–H groups in total. The molecule has 0 radical (unpaired) electrons. The van der Waals surface area contributed by atoms with Crippen molar-refractivity contribution in [2.75, 3.05) is 0 Å². The quantitative estimate of drug-likeness (QED) is 0.0862. The Morgan fingerprint density at radius 1 is 0.739 bits per heavy atom. The number of fused-ring (bicyclic) bond motifs is 1. The van der Waals surface area contributed by atoms with Crippen LogP contribution in [0.25, 0.3) is 22.3 Å². The second-order valence-corrected chi connectivity index (χ2v) is 11.4. The van der Waals surface area contributed by atoms with Crippen molar-refractivity contribution in [1.29, 1.82) is 0 Å². The number of phenols is 7. The van der Waals surface area contributed by atoms with Gasteiger partial charge in [-0.25, -0.2) is 0 Å². The summed E-state index contributed by atoms with van der Waals surface area (Å²) in [6, 6.07) is 13.5. The van der Waals surface area contributed by atoms with Crippen LogP contribution in [0.1, 0.15) is 46.7 Å². The van der Waals surface area contributed by atoms with Crippen molar-refractivity contribution in [3.8, 4) is 57.3 Å². The van der Waals surface area contributed by atoms with E-state index in [1.54, 1.807) is 13.0 Å². The zero-order valence-corrected chi connectivity index (χ0v) is 24.2. The molecule has 1 heterocycles. The molecule has 0 saturated heterocycles. The number of phenolic OH excluding ortho intramolecular Hbond substituents is 7. The van der Waals surface area contributed by atoms with E-state index in [0.717, 1.165) is 12.1 Å². The van der Waals surface area contributed by atoms with Crippen LogP contribution in [-0.4, -0.2) is 46.6 Å². The van der Waals surface area contributed by atoms with E-state index in [9.17, 15) is 50.4 Å². The van der Waals surface area contributed by atoms with Gasteiger partial charge in [-0.15, -0.1) is 0 Å². The highest BCUT2D eigenvalue weighted by Crippen LogP contribution is 2.54. The summed E-state index contributed by atoms with van der Waals surface area (Å²) in [5.74, 6) is -7.68. The molecule has 234 valence electrons. The van der Waals surface area contributed by atoms with Crippen LogP contribution in [0.3, 0.4) is 0 Å². The molecule has 1 aliphatic rings. The number of rotatable bonds is 5. The first-order valence-corrected chi connectivity index (χ1v) is 14.1. The van der Waals surface area contributed by atoms with Gasteiger partial charge in [-0.05, 0) is 61.4 Å². The van der Waals surface area contributed by atoms with Crippen molar-refractivity contribution in [3.63, 3.8) is 0 Å². The predicted molar refractivity (Wildman–Crippen MR) is 166 cm³/mol. The van der Waals surface area contributed by atoms with E-state index >= 15 is 0 Å². The van der Waals surface area contributed by atoms with Crippen LogP contribution in [0.5, 0.6) is 46.0 Å². The summed E-state index contributed by atoms with van der Waals surface area (Å²) in [6.07, 6.45) is 1.89. The van der Waals surface area contributed by atoms with Gasteiger partial charge in [0, 0.05) is 41.5 Å². The van der Waals surface area contributed by atoms with E-state index in [2.05, 4.69) is 0 Å². The fraction of sp³-hybridized carbons (Fsp3) is 0.143. The van der Waals surface area contributed by atoms with Crippen LogP contribution in [0.15, 0.2) is 87.6 Å². The second-order valence-electron chi connectivity index (χ2n) is 11.4. The Kier molecular flexibility index (Phi) is 7.24. The van der Waals surface area contributed by atoms with Gasteiger partial charge in [0.1, 0.15) is 45.8 Å². The van der Waals surface area contributed by atoms with Crippen LogP contribution >= 0.6 is 0 Å². The Morgan fingerprint density at radius 3 is 2.09 bits per heavy atom. The number of ketones is 1. The first-order chi connectivity index (χ1) is 21.8. The zero-order chi connectivity index (χ0) is 33.0. The summed E-state index contributed by atoms with van der Waals surface area (Å²) in [5, 5.41) is 85.0. The van der Waals surface area contributed by atoms with Crippen molar-refractivity contribution in [3.05, 3.63) is 105 Å². The van der Waals surface area contributed by atoms with Crippen LogP contribution < -0.4 is 5.43 Å². The number of aromatic hydroxyl groups is 8. The lowest BCUT2D eigenvalue weighted by atomic mass is 9.65. The van der Waals surface area contributed by atoms with Crippen LogP contribution in [-0.2, 0) is 0 Å². The van der Waals surface area contributed by atoms with E-state index in [0.29, 0.717) is 5.57 Å². The highest BCUT2D eigenvalue weighted by Gasteiger charge is 2.43. The van der Waals surface area contributed by atoms with Crippen molar-refractivity contribution in [2.24, 2.45) is 5.92 Å². The zero-order valence-electron chi connectivity index (χ0n) is 24.2. The molecule has 3 atom stereocenters. The molecule has 11 nitrogen and oxygen atoms in total. The molecule has 1 aliphatic carbocycles. The maximum atomic E-state index is 14.4. The van der Waals surface area contributed by atoms with Crippen LogP contribution in [0.4, 0.5) is 0 Å². The highest BCUT2D eigenvalue weighted by molar-refractivity contribution is 6.02. The molecular formula is C35H28O11. The third-order valence-corrected chi connectivity index (χ3v) is 8.41. The third-order valence-electron chi connectivity index (χ3n) is 8.41. The molecule has 3 unspecified atom stereocenters. The number of Topliss-reactive ketones (excluding diaryl/α,β-unsaturated/α-hetero) is 1. The smallest absolute Gasteiger partial charge is 0.235 e. The SMILES string of the molecule is CC1=CC(c2c(O)ccc(-c3oc4cc(O)ccc4c(=O)c3O)c2O)C(C(=O)c2ccc(O)cc2O)C(c2ccc(O)cc2O)C1. The minimum absolute atomic E-state index is 0.0284. The summed E-state index contributed by atoms with van der Waals surface area (Å²) >= 11 is 0. The monoisotopic (exact) mass is 624 g/mol. The average Bonchev–Trinajstić information content (AvgIpc) is 2.99. The van der Waals surface area contributed by atoms with Gasteiger partial charge in [-0.1, -0.05) is 17.7 Å². The normalized spacial score (nSPS) is 17.9. The van der Waals surface area contributed by atoms with Crippen LogP contribution in [0.2, 0.25) is 0 Å². The molecule has 0 amide bonds. The molecule has 6 rings (SSSR count).